The van der Waals surface area contributed by atoms with Gasteiger partial charge in [0.2, 0.25) is 0 Å². The molecule has 0 atom stereocenters. The van der Waals surface area contributed by atoms with E-state index in [2.05, 4.69) is 15.1 Å². The van der Waals surface area contributed by atoms with E-state index in [1.807, 2.05) is 6.92 Å². The molecule has 1 saturated carbocycles. The molecule has 0 spiro atoms. The molecular formula is C9H10N4O. The zero-order valence-corrected chi connectivity index (χ0v) is 7.80. The number of aryl methyl sites for hydroxylation is 1. The SMILES string of the molecule is Cc1nc2ncc(C3(O)CC3)cn2n1. The van der Waals surface area contributed by atoms with Crippen LogP contribution in [0, 0.1) is 6.92 Å². The van der Waals surface area contributed by atoms with Gasteiger partial charge in [-0.2, -0.15) is 10.1 Å². The molecule has 5 heteroatoms. The zero-order valence-electron chi connectivity index (χ0n) is 7.80. The number of hydrogen-bond acceptors (Lipinski definition) is 4. The molecule has 0 saturated heterocycles. The largest absolute Gasteiger partial charge is 0.385 e. The number of nitrogens with zero attached hydrogens (tertiary/aromatic N) is 4. The van der Waals surface area contributed by atoms with E-state index in [0.717, 1.165) is 18.4 Å². The van der Waals surface area contributed by atoms with Crippen molar-refractivity contribution < 1.29 is 5.11 Å². The van der Waals surface area contributed by atoms with Crippen LogP contribution in [0.1, 0.15) is 24.2 Å². The number of aromatic nitrogens is 4. The molecule has 0 bridgehead atoms. The lowest BCUT2D eigenvalue weighted by Crippen LogP contribution is -2.07. The van der Waals surface area contributed by atoms with Crippen LogP contribution in [0.2, 0.25) is 0 Å². The highest BCUT2D eigenvalue weighted by atomic mass is 16.3. The van der Waals surface area contributed by atoms with Gasteiger partial charge in [-0.1, -0.05) is 0 Å². The third kappa shape index (κ3) is 1.02. The van der Waals surface area contributed by atoms with Gasteiger partial charge in [-0.05, 0) is 19.8 Å². The summed E-state index contributed by atoms with van der Waals surface area (Å²) in [6.45, 7) is 1.82. The fraction of sp³-hybridized carbons (Fsp3) is 0.444. The highest BCUT2D eigenvalue weighted by molar-refractivity contribution is 5.31. The predicted molar refractivity (Wildman–Crippen MR) is 48.6 cm³/mol. The Balaban J connectivity index is 2.19. The molecule has 1 aliphatic rings. The predicted octanol–water partition coefficient (Wildman–Crippen LogP) is 0.414. The Bertz CT molecular complexity index is 500. The Morgan fingerprint density at radius 2 is 2.29 bits per heavy atom. The maximum Gasteiger partial charge on any atom is 0.252 e. The van der Waals surface area contributed by atoms with Crippen LogP contribution >= 0.6 is 0 Å². The minimum absolute atomic E-state index is 0.579. The van der Waals surface area contributed by atoms with E-state index in [1.54, 1.807) is 16.9 Å². The van der Waals surface area contributed by atoms with Gasteiger partial charge in [-0.15, -0.1) is 0 Å². The van der Waals surface area contributed by atoms with E-state index in [4.69, 9.17) is 0 Å². The minimum atomic E-state index is -0.652. The summed E-state index contributed by atoms with van der Waals surface area (Å²) in [7, 11) is 0. The molecule has 14 heavy (non-hydrogen) atoms. The van der Waals surface area contributed by atoms with E-state index in [1.165, 1.54) is 0 Å². The summed E-state index contributed by atoms with van der Waals surface area (Å²) >= 11 is 0. The van der Waals surface area contributed by atoms with Crippen LogP contribution in [0.5, 0.6) is 0 Å². The molecule has 0 unspecified atom stereocenters. The maximum atomic E-state index is 9.86. The van der Waals surface area contributed by atoms with Gasteiger partial charge in [-0.3, -0.25) is 0 Å². The summed E-state index contributed by atoms with van der Waals surface area (Å²) in [5.41, 5.74) is 0.177. The van der Waals surface area contributed by atoms with Crippen LogP contribution in [0.4, 0.5) is 0 Å². The summed E-state index contributed by atoms with van der Waals surface area (Å²) in [5, 5.41) is 14.0. The van der Waals surface area contributed by atoms with E-state index in [-0.39, 0.29) is 0 Å². The van der Waals surface area contributed by atoms with Crippen molar-refractivity contribution in [3.8, 4) is 0 Å². The van der Waals surface area contributed by atoms with E-state index >= 15 is 0 Å². The first kappa shape index (κ1) is 7.87. The molecule has 2 aromatic rings. The Morgan fingerprint density at radius 3 is 3.00 bits per heavy atom. The minimum Gasteiger partial charge on any atom is -0.385 e. The molecule has 2 heterocycles. The topological polar surface area (TPSA) is 63.3 Å². The van der Waals surface area contributed by atoms with E-state index < -0.39 is 5.60 Å². The third-order valence-corrected chi connectivity index (χ3v) is 2.56. The first-order valence-electron chi connectivity index (χ1n) is 4.59. The average molecular weight is 190 g/mol. The van der Waals surface area contributed by atoms with Crippen LogP contribution < -0.4 is 0 Å². The lowest BCUT2D eigenvalue weighted by molar-refractivity contribution is 0.150. The normalized spacial score (nSPS) is 18.7. The van der Waals surface area contributed by atoms with Crippen molar-refractivity contribution in [1.82, 2.24) is 19.6 Å². The smallest absolute Gasteiger partial charge is 0.252 e. The fourth-order valence-corrected chi connectivity index (χ4v) is 1.53. The van der Waals surface area contributed by atoms with Gasteiger partial charge in [0, 0.05) is 18.0 Å². The lowest BCUT2D eigenvalue weighted by Gasteiger charge is -2.05. The van der Waals surface area contributed by atoms with Gasteiger partial charge in [0.25, 0.3) is 5.78 Å². The summed E-state index contributed by atoms with van der Waals surface area (Å²) in [6.07, 6.45) is 5.10. The highest BCUT2D eigenvalue weighted by Crippen LogP contribution is 2.44. The van der Waals surface area contributed by atoms with Crippen LogP contribution in [-0.4, -0.2) is 24.7 Å². The Kier molecular flexibility index (Phi) is 1.29. The molecule has 0 aromatic carbocycles. The second kappa shape index (κ2) is 2.30. The first-order valence-corrected chi connectivity index (χ1v) is 4.59. The van der Waals surface area contributed by atoms with Gasteiger partial charge in [0.1, 0.15) is 5.82 Å². The van der Waals surface area contributed by atoms with Crippen molar-refractivity contribution in [2.75, 3.05) is 0 Å². The lowest BCUT2D eigenvalue weighted by atomic mass is 10.2. The molecular weight excluding hydrogens is 180 g/mol. The number of fused-ring (bicyclic) bond motifs is 1. The van der Waals surface area contributed by atoms with Crippen molar-refractivity contribution in [2.24, 2.45) is 0 Å². The molecule has 0 aliphatic heterocycles. The van der Waals surface area contributed by atoms with Crippen LogP contribution in [0.3, 0.4) is 0 Å². The molecule has 2 aromatic heterocycles. The van der Waals surface area contributed by atoms with Crippen molar-refractivity contribution in [1.29, 1.82) is 0 Å². The van der Waals surface area contributed by atoms with Crippen LogP contribution in [-0.2, 0) is 5.60 Å². The fourth-order valence-electron chi connectivity index (χ4n) is 1.53. The number of hydrogen-bond donors (Lipinski definition) is 1. The van der Waals surface area contributed by atoms with Crippen molar-refractivity contribution in [3.63, 3.8) is 0 Å². The van der Waals surface area contributed by atoms with Gasteiger partial charge in [0.15, 0.2) is 0 Å². The summed E-state index contributed by atoms with van der Waals surface area (Å²) in [4.78, 5) is 8.25. The Morgan fingerprint density at radius 1 is 1.50 bits per heavy atom. The number of rotatable bonds is 1. The van der Waals surface area contributed by atoms with Crippen LogP contribution in [0.25, 0.3) is 5.78 Å². The summed E-state index contributed by atoms with van der Waals surface area (Å²) in [5.74, 6) is 1.27. The highest BCUT2D eigenvalue weighted by Gasteiger charge is 2.42. The third-order valence-electron chi connectivity index (χ3n) is 2.56. The van der Waals surface area contributed by atoms with Gasteiger partial charge in [0.05, 0.1) is 5.60 Å². The average Bonchev–Trinajstić information content (AvgIpc) is 2.79. The summed E-state index contributed by atoms with van der Waals surface area (Å²) in [6, 6.07) is 0. The van der Waals surface area contributed by atoms with Crippen LogP contribution in [0.15, 0.2) is 12.4 Å². The summed E-state index contributed by atoms with van der Waals surface area (Å²) < 4.78 is 1.61. The molecule has 0 radical (unpaired) electrons. The van der Waals surface area contributed by atoms with E-state index in [9.17, 15) is 5.11 Å². The zero-order chi connectivity index (χ0) is 9.76. The maximum absolute atomic E-state index is 9.86. The van der Waals surface area contributed by atoms with Crippen molar-refractivity contribution in [2.45, 2.75) is 25.4 Å². The van der Waals surface area contributed by atoms with Crippen molar-refractivity contribution in [3.05, 3.63) is 23.8 Å². The Hall–Kier alpha value is -1.49. The quantitative estimate of drug-likeness (QED) is 0.707. The van der Waals surface area contributed by atoms with Gasteiger partial charge < -0.3 is 5.11 Å². The van der Waals surface area contributed by atoms with Crippen molar-refractivity contribution >= 4 is 5.78 Å². The molecule has 1 N–H and O–H groups in total. The van der Waals surface area contributed by atoms with Gasteiger partial charge >= 0.3 is 0 Å². The monoisotopic (exact) mass is 190 g/mol. The molecule has 1 fully saturated rings. The second-order valence-corrected chi connectivity index (χ2v) is 3.78. The molecule has 3 rings (SSSR count). The molecule has 5 nitrogen and oxygen atoms in total. The molecule has 0 amide bonds. The number of aliphatic hydroxyl groups is 1. The van der Waals surface area contributed by atoms with Gasteiger partial charge in [-0.25, -0.2) is 9.50 Å². The molecule has 72 valence electrons. The first-order chi connectivity index (χ1) is 6.67. The standard InChI is InChI=1S/C9H10N4O/c1-6-11-8-10-4-7(5-13(8)12-6)9(14)2-3-9/h4-5,14H,2-3H2,1H3. The Labute approximate surface area is 80.4 Å². The van der Waals surface area contributed by atoms with E-state index in [0.29, 0.717) is 11.6 Å². The molecule has 1 aliphatic carbocycles. The second-order valence-electron chi connectivity index (χ2n) is 3.78.